The maximum absolute atomic E-state index is 12.1. The lowest BCUT2D eigenvalue weighted by Gasteiger charge is -2.11. The van der Waals surface area contributed by atoms with Crippen molar-refractivity contribution in [3.63, 3.8) is 0 Å². The van der Waals surface area contributed by atoms with Crippen LogP contribution in [0.2, 0.25) is 0 Å². The van der Waals surface area contributed by atoms with Crippen molar-refractivity contribution < 1.29 is 22.7 Å². The van der Waals surface area contributed by atoms with Crippen molar-refractivity contribution in [2.45, 2.75) is 13.3 Å². The van der Waals surface area contributed by atoms with Crippen LogP contribution in [-0.2, 0) is 4.79 Å². The molecule has 1 aromatic carbocycles. The third-order valence-corrected chi connectivity index (χ3v) is 1.90. The van der Waals surface area contributed by atoms with Crippen LogP contribution >= 0.6 is 0 Å². The van der Waals surface area contributed by atoms with Crippen LogP contribution in [0.15, 0.2) is 18.2 Å². The molecule has 0 bridgehead atoms. The minimum Gasteiger partial charge on any atom is -0.404 e. The van der Waals surface area contributed by atoms with Crippen molar-refractivity contribution in [1.29, 1.82) is 0 Å². The Morgan fingerprint density at radius 2 is 2.16 bits per heavy atom. The van der Waals surface area contributed by atoms with Crippen molar-refractivity contribution in [1.82, 2.24) is 5.32 Å². The first-order chi connectivity index (χ1) is 8.78. The van der Waals surface area contributed by atoms with E-state index < -0.39 is 12.1 Å². The zero-order valence-corrected chi connectivity index (χ0v) is 9.97. The van der Waals surface area contributed by atoms with Crippen molar-refractivity contribution in [2.75, 3.05) is 12.3 Å². The highest BCUT2D eigenvalue weighted by atomic mass is 19.4. The molecular formula is C12H11F3N2O2. The van der Waals surface area contributed by atoms with E-state index in [1.807, 2.05) is 0 Å². The second-order valence-corrected chi connectivity index (χ2v) is 3.51. The molecule has 0 radical (unpaired) electrons. The van der Waals surface area contributed by atoms with Gasteiger partial charge >= 0.3 is 6.36 Å². The van der Waals surface area contributed by atoms with Gasteiger partial charge in [0.1, 0.15) is 0 Å². The van der Waals surface area contributed by atoms with E-state index in [1.54, 1.807) is 0 Å². The monoisotopic (exact) mass is 272 g/mol. The largest absolute Gasteiger partial charge is 0.573 e. The highest BCUT2D eigenvalue weighted by Crippen LogP contribution is 2.28. The van der Waals surface area contributed by atoms with Crippen LogP contribution in [0.1, 0.15) is 12.5 Å². The smallest absolute Gasteiger partial charge is 0.404 e. The Kier molecular flexibility index (Phi) is 4.64. The summed E-state index contributed by atoms with van der Waals surface area (Å²) >= 11 is 0. The van der Waals surface area contributed by atoms with Crippen LogP contribution in [0, 0.1) is 11.8 Å². The number of nitrogens with two attached hydrogens (primary N) is 1. The number of carbonyl (C=O) groups is 1. The van der Waals surface area contributed by atoms with Crippen LogP contribution in [0.25, 0.3) is 0 Å². The third kappa shape index (κ3) is 5.68. The molecule has 0 unspecified atom stereocenters. The van der Waals surface area contributed by atoms with Gasteiger partial charge in [0, 0.05) is 12.5 Å². The molecule has 1 aromatic rings. The fraction of sp³-hybridized carbons (Fsp3) is 0.250. The molecule has 0 aliphatic carbocycles. The van der Waals surface area contributed by atoms with E-state index in [2.05, 4.69) is 21.9 Å². The van der Waals surface area contributed by atoms with Crippen LogP contribution in [0.4, 0.5) is 18.9 Å². The molecule has 102 valence electrons. The Morgan fingerprint density at radius 3 is 2.74 bits per heavy atom. The summed E-state index contributed by atoms with van der Waals surface area (Å²) in [7, 11) is 0. The van der Waals surface area contributed by atoms with Crippen molar-refractivity contribution in [3.8, 4) is 17.6 Å². The molecule has 0 aromatic heterocycles. The molecular weight excluding hydrogens is 261 g/mol. The highest BCUT2D eigenvalue weighted by molar-refractivity contribution is 5.73. The zero-order valence-electron chi connectivity index (χ0n) is 9.97. The van der Waals surface area contributed by atoms with Gasteiger partial charge in [-0.25, -0.2) is 0 Å². The Bertz CT molecular complexity index is 530. The van der Waals surface area contributed by atoms with E-state index in [-0.39, 0.29) is 18.1 Å². The number of carbonyl (C=O) groups excluding carboxylic acids is 1. The molecule has 1 rings (SSSR count). The van der Waals surface area contributed by atoms with E-state index in [0.717, 1.165) is 6.07 Å². The minimum atomic E-state index is -4.81. The van der Waals surface area contributed by atoms with Crippen LogP contribution in [-0.4, -0.2) is 18.8 Å². The van der Waals surface area contributed by atoms with E-state index in [0.29, 0.717) is 5.56 Å². The number of anilines is 1. The zero-order chi connectivity index (χ0) is 14.5. The fourth-order valence-electron chi connectivity index (χ4n) is 1.14. The molecule has 0 fully saturated rings. The van der Waals surface area contributed by atoms with Crippen molar-refractivity contribution in [2.24, 2.45) is 0 Å². The number of benzene rings is 1. The second kappa shape index (κ2) is 6.00. The first-order valence-corrected chi connectivity index (χ1v) is 5.16. The van der Waals surface area contributed by atoms with Crippen LogP contribution in [0.5, 0.6) is 5.75 Å². The number of hydrogen-bond acceptors (Lipinski definition) is 3. The van der Waals surface area contributed by atoms with Crippen molar-refractivity contribution in [3.05, 3.63) is 23.8 Å². The first kappa shape index (κ1) is 14.7. The standard InChI is InChI=1S/C12H11F3N2O2/c1-8(18)17-6-2-3-9-4-5-10(16)11(7-9)19-12(13,14)15/h4-5,7H,6,16H2,1H3,(H,17,18). The predicted molar refractivity (Wildman–Crippen MR) is 63.1 cm³/mol. The van der Waals surface area contributed by atoms with Crippen molar-refractivity contribution >= 4 is 11.6 Å². The van der Waals surface area contributed by atoms with Gasteiger partial charge in [-0.3, -0.25) is 4.79 Å². The normalized spacial score (nSPS) is 10.3. The molecule has 7 heteroatoms. The predicted octanol–water partition coefficient (Wildman–Crippen LogP) is 1.66. The lowest BCUT2D eigenvalue weighted by atomic mass is 10.2. The third-order valence-electron chi connectivity index (χ3n) is 1.90. The molecule has 0 atom stereocenters. The van der Waals surface area contributed by atoms with Gasteiger partial charge in [0.25, 0.3) is 0 Å². The molecule has 19 heavy (non-hydrogen) atoms. The Labute approximate surface area is 107 Å². The van der Waals surface area contributed by atoms with Gasteiger partial charge in [-0.15, -0.1) is 13.2 Å². The molecule has 0 aliphatic rings. The van der Waals surface area contributed by atoms with Gasteiger partial charge in [-0.2, -0.15) is 0 Å². The van der Waals surface area contributed by atoms with E-state index >= 15 is 0 Å². The molecule has 0 aliphatic heterocycles. The van der Waals surface area contributed by atoms with Gasteiger partial charge in [0.2, 0.25) is 5.91 Å². The molecule has 4 nitrogen and oxygen atoms in total. The SMILES string of the molecule is CC(=O)NCC#Cc1ccc(N)c(OC(F)(F)F)c1. The summed E-state index contributed by atoms with van der Waals surface area (Å²) < 4.78 is 40.0. The van der Waals surface area contributed by atoms with Gasteiger partial charge in [0.05, 0.1) is 12.2 Å². The summed E-state index contributed by atoms with van der Waals surface area (Å²) in [5.41, 5.74) is 5.53. The Balaban J connectivity index is 2.81. The maximum Gasteiger partial charge on any atom is 0.573 e. The molecule has 0 spiro atoms. The summed E-state index contributed by atoms with van der Waals surface area (Å²) in [5.74, 6) is 4.42. The van der Waals surface area contributed by atoms with E-state index in [9.17, 15) is 18.0 Å². The minimum absolute atomic E-state index is 0.106. The molecule has 0 saturated heterocycles. The fourth-order valence-corrected chi connectivity index (χ4v) is 1.14. The summed E-state index contributed by atoms with van der Waals surface area (Å²) in [5, 5.41) is 2.43. The summed E-state index contributed by atoms with van der Waals surface area (Å²) in [6.07, 6.45) is -4.81. The van der Waals surface area contributed by atoms with Gasteiger partial charge in [-0.1, -0.05) is 11.8 Å². The second-order valence-electron chi connectivity index (χ2n) is 3.51. The van der Waals surface area contributed by atoms with Crippen LogP contribution < -0.4 is 15.8 Å². The number of amides is 1. The number of ether oxygens (including phenoxy) is 1. The topological polar surface area (TPSA) is 64.4 Å². The number of nitrogen functional groups attached to an aromatic ring is 1. The summed E-state index contributed by atoms with van der Waals surface area (Å²) in [6.45, 7) is 1.44. The quantitative estimate of drug-likeness (QED) is 0.635. The van der Waals surface area contributed by atoms with E-state index in [4.69, 9.17) is 5.73 Å². The highest BCUT2D eigenvalue weighted by Gasteiger charge is 2.31. The lowest BCUT2D eigenvalue weighted by Crippen LogP contribution is -2.19. The molecule has 0 heterocycles. The first-order valence-electron chi connectivity index (χ1n) is 5.16. The van der Waals surface area contributed by atoms with Gasteiger partial charge in [0.15, 0.2) is 5.75 Å². The van der Waals surface area contributed by atoms with Gasteiger partial charge < -0.3 is 15.8 Å². The molecule has 3 N–H and O–H groups in total. The molecule has 0 saturated carbocycles. The summed E-state index contributed by atoms with van der Waals surface area (Å²) in [6, 6.07) is 3.81. The van der Waals surface area contributed by atoms with E-state index in [1.165, 1.54) is 19.1 Å². The Hall–Kier alpha value is -2.36. The number of nitrogens with one attached hydrogen (secondary N) is 1. The number of alkyl halides is 3. The number of hydrogen-bond donors (Lipinski definition) is 2. The average Bonchev–Trinajstić information content (AvgIpc) is 2.26. The summed E-state index contributed by atoms with van der Waals surface area (Å²) in [4.78, 5) is 10.6. The number of rotatable bonds is 2. The average molecular weight is 272 g/mol. The number of halogens is 3. The maximum atomic E-state index is 12.1. The van der Waals surface area contributed by atoms with Crippen LogP contribution in [0.3, 0.4) is 0 Å². The Morgan fingerprint density at radius 1 is 1.47 bits per heavy atom. The van der Waals surface area contributed by atoms with Gasteiger partial charge in [-0.05, 0) is 18.2 Å². The molecule has 1 amide bonds. The lowest BCUT2D eigenvalue weighted by molar-refractivity contribution is -0.274.